The van der Waals surface area contributed by atoms with E-state index in [2.05, 4.69) is 97.1 Å². The summed E-state index contributed by atoms with van der Waals surface area (Å²) < 4.78 is 6.79. The minimum atomic E-state index is -0.640. The van der Waals surface area contributed by atoms with E-state index in [-0.39, 0.29) is 0 Å². The van der Waals surface area contributed by atoms with Crippen molar-refractivity contribution in [1.82, 2.24) is 0 Å². The summed E-state index contributed by atoms with van der Waals surface area (Å²) in [6, 6.07) is 42.1. The molecule has 0 bridgehead atoms. The molecule has 1 nitrogen and oxygen atoms in total. The van der Waals surface area contributed by atoms with Crippen LogP contribution >= 0.6 is 0 Å². The molecular weight excluding hydrogens is 340 g/mol. The molecule has 0 atom stereocenters. The van der Waals surface area contributed by atoms with Crippen LogP contribution in [-0.2, 0) is 16.8 Å². The zero-order chi connectivity index (χ0) is 19.1. The van der Waals surface area contributed by atoms with E-state index in [0.717, 1.165) is 23.1 Å². The number of hydrogen-bond acceptors (Lipinski definition) is 1. The molecule has 0 aliphatic heterocycles. The summed E-state index contributed by atoms with van der Waals surface area (Å²) in [4.78, 5) is 0. The predicted octanol–water partition coefficient (Wildman–Crippen LogP) is 6.24. The van der Waals surface area contributed by atoms with Crippen LogP contribution in [0.1, 0.15) is 22.3 Å². The van der Waals surface area contributed by atoms with Gasteiger partial charge in [0.2, 0.25) is 0 Å². The number of rotatable bonds is 7. The molecule has 0 saturated carbocycles. The van der Waals surface area contributed by atoms with Crippen LogP contribution in [0.2, 0.25) is 0 Å². The van der Waals surface area contributed by atoms with E-state index in [1.54, 1.807) is 0 Å². The normalized spacial score (nSPS) is 11.3. The van der Waals surface area contributed by atoms with Crippen molar-refractivity contribution in [3.8, 4) is 0 Å². The Hall–Kier alpha value is -3.16. The van der Waals surface area contributed by atoms with Crippen LogP contribution in [0.15, 0.2) is 121 Å². The number of hydrogen-bond donors (Lipinski definition) is 0. The first-order valence-electron chi connectivity index (χ1n) is 9.74. The van der Waals surface area contributed by atoms with Crippen molar-refractivity contribution < 1.29 is 4.74 Å². The maximum absolute atomic E-state index is 6.79. The van der Waals surface area contributed by atoms with Crippen LogP contribution in [0, 0.1) is 0 Å². The fourth-order valence-electron chi connectivity index (χ4n) is 3.74. The van der Waals surface area contributed by atoms with Crippen LogP contribution < -0.4 is 0 Å². The molecule has 0 unspecified atom stereocenters. The molecule has 1 heteroatoms. The first kappa shape index (κ1) is 18.2. The summed E-state index contributed by atoms with van der Waals surface area (Å²) in [7, 11) is 0. The van der Waals surface area contributed by atoms with Gasteiger partial charge in [-0.05, 0) is 28.7 Å². The molecule has 4 aromatic carbocycles. The van der Waals surface area contributed by atoms with E-state index in [9.17, 15) is 0 Å². The topological polar surface area (TPSA) is 9.23 Å². The number of benzene rings is 4. The van der Waals surface area contributed by atoms with E-state index in [1.807, 2.05) is 24.3 Å². The fraction of sp³-hybridized carbons (Fsp3) is 0.111. The Balaban J connectivity index is 1.79. The van der Waals surface area contributed by atoms with Gasteiger partial charge >= 0.3 is 0 Å². The molecule has 28 heavy (non-hydrogen) atoms. The lowest BCUT2D eigenvalue weighted by Crippen LogP contribution is -2.33. The summed E-state index contributed by atoms with van der Waals surface area (Å²) >= 11 is 0. The van der Waals surface area contributed by atoms with Crippen LogP contribution in [0.25, 0.3) is 0 Å². The number of ether oxygens (including phenoxy) is 1. The summed E-state index contributed by atoms with van der Waals surface area (Å²) in [5.74, 6) is 0. The van der Waals surface area contributed by atoms with Crippen molar-refractivity contribution in [3.63, 3.8) is 0 Å². The lowest BCUT2D eigenvalue weighted by Gasteiger charge is -2.36. The van der Waals surface area contributed by atoms with Gasteiger partial charge in [-0.15, -0.1) is 0 Å². The van der Waals surface area contributed by atoms with Gasteiger partial charge in [-0.2, -0.15) is 0 Å². The maximum atomic E-state index is 6.79. The summed E-state index contributed by atoms with van der Waals surface area (Å²) in [5.41, 5.74) is 4.06. The molecule has 4 rings (SSSR count). The van der Waals surface area contributed by atoms with Crippen molar-refractivity contribution in [3.05, 3.63) is 144 Å². The molecular formula is C27H24O. The smallest absolute Gasteiger partial charge is 0.143 e. The average Bonchev–Trinajstić information content (AvgIpc) is 2.79. The van der Waals surface area contributed by atoms with Gasteiger partial charge in [0.15, 0.2) is 0 Å². The predicted molar refractivity (Wildman–Crippen MR) is 115 cm³/mol. The van der Waals surface area contributed by atoms with Gasteiger partial charge in [0.1, 0.15) is 5.60 Å². The molecule has 4 aromatic rings. The van der Waals surface area contributed by atoms with E-state index in [4.69, 9.17) is 4.74 Å². The van der Waals surface area contributed by atoms with Gasteiger partial charge in [0.05, 0.1) is 6.61 Å². The van der Waals surface area contributed by atoms with Crippen LogP contribution in [0.3, 0.4) is 0 Å². The summed E-state index contributed by atoms with van der Waals surface area (Å²) in [6.45, 7) is 0.628. The minimum Gasteiger partial charge on any atom is -0.360 e. The molecule has 138 valence electrons. The third kappa shape index (κ3) is 3.76. The Kier molecular flexibility index (Phi) is 5.65. The highest BCUT2D eigenvalue weighted by Gasteiger charge is 2.37. The lowest BCUT2D eigenvalue weighted by molar-refractivity contribution is 0.0148. The average molecular weight is 364 g/mol. The molecule has 0 saturated heterocycles. The van der Waals surface area contributed by atoms with Gasteiger partial charge in [-0.25, -0.2) is 0 Å². The Morgan fingerprint density at radius 2 is 0.821 bits per heavy atom. The van der Waals surface area contributed by atoms with Gasteiger partial charge < -0.3 is 4.74 Å². The Bertz CT molecular complexity index is 867. The van der Waals surface area contributed by atoms with Crippen molar-refractivity contribution in [2.24, 2.45) is 0 Å². The highest BCUT2D eigenvalue weighted by Crippen LogP contribution is 2.40. The van der Waals surface area contributed by atoms with Gasteiger partial charge in [0, 0.05) is 0 Å². The minimum absolute atomic E-state index is 0.628. The first-order valence-corrected chi connectivity index (χ1v) is 9.74. The molecule has 0 spiro atoms. The third-order valence-electron chi connectivity index (χ3n) is 5.09. The first-order chi connectivity index (χ1) is 13.9. The molecule has 0 fully saturated rings. The van der Waals surface area contributed by atoms with Crippen molar-refractivity contribution in [2.75, 3.05) is 6.61 Å². The lowest BCUT2D eigenvalue weighted by atomic mass is 9.80. The summed E-state index contributed by atoms with van der Waals surface area (Å²) in [5, 5.41) is 0. The van der Waals surface area contributed by atoms with Crippen LogP contribution in [-0.4, -0.2) is 6.61 Å². The second-order valence-electron chi connectivity index (χ2n) is 6.86. The standard InChI is InChI=1S/C27H24O/c1-5-13-23(14-6-1)21-22-28-27(24-15-7-2-8-16-24,25-17-9-3-10-18-25)26-19-11-4-12-20-26/h1-20H,21-22H2. The molecule has 0 aromatic heterocycles. The third-order valence-corrected chi connectivity index (χ3v) is 5.09. The van der Waals surface area contributed by atoms with E-state index in [1.165, 1.54) is 5.56 Å². The van der Waals surface area contributed by atoms with Gasteiger partial charge in [-0.1, -0.05) is 121 Å². The van der Waals surface area contributed by atoms with E-state index < -0.39 is 5.60 Å². The monoisotopic (exact) mass is 364 g/mol. The van der Waals surface area contributed by atoms with Crippen molar-refractivity contribution in [1.29, 1.82) is 0 Å². The largest absolute Gasteiger partial charge is 0.360 e. The quantitative estimate of drug-likeness (QED) is 0.353. The highest BCUT2D eigenvalue weighted by molar-refractivity contribution is 5.47. The second kappa shape index (κ2) is 8.69. The fourth-order valence-corrected chi connectivity index (χ4v) is 3.74. The van der Waals surface area contributed by atoms with Crippen molar-refractivity contribution in [2.45, 2.75) is 12.0 Å². The van der Waals surface area contributed by atoms with E-state index in [0.29, 0.717) is 6.61 Å². The Labute approximate surface area is 167 Å². The van der Waals surface area contributed by atoms with Gasteiger partial charge in [0.25, 0.3) is 0 Å². The molecule has 0 aliphatic rings. The zero-order valence-electron chi connectivity index (χ0n) is 15.9. The van der Waals surface area contributed by atoms with E-state index >= 15 is 0 Å². The summed E-state index contributed by atoms with van der Waals surface area (Å²) in [6.07, 6.45) is 0.870. The highest BCUT2D eigenvalue weighted by atomic mass is 16.5. The SMILES string of the molecule is c1ccc(CCOC(c2ccccc2)(c2ccccc2)c2ccccc2)cc1. The Morgan fingerprint density at radius 3 is 1.21 bits per heavy atom. The molecule has 0 N–H and O–H groups in total. The second-order valence-corrected chi connectivity index (χ2v) is 6.86. The van der Waals surface area contributed by atoms with Crippen LogP contribution in [0.5, 0.6) is 0 Å². The van der Waals surface area contributed by atoms with Gasteiger partial charge in [-0.3, -0.25) is 0 Å². The van der Waals surface area contributed by atoms with Crippen molar-refractivity contribution >= 4 is 0 Å². The van der Waals surface area contributed by atoms with Crippen LogP contribution in [0.4, 0.5) is 0 Å². The molecule has 0 amide bonds. The molecule has 0 aliphatic carbocycles. The molecule has 0 heterocycles. The molecule has 0 radical (unpaired) electrons. The maximum Gasteiger partial charge on any atom is 0.143 e. The Morgan fingerprint density at radius 1 is 0.464 bits per heavy atom. The zero-order valence-corrected chi connectivity index (χ0v) is 15.9.